The molecule has 1 aromatic carbocycles. The van der Waals surface area contributed by atoms with Gasteiger partial charge in [0, 0.05) is 13.1 Å². The molecule has 1 aromatic rings. The van der Waals surface area contributed by atoms with Crippen LogP contribution >= 0.6 is 0 Å². The first-order valence-electron chi connectivity index (χ1n) is 6.43. The molecule has 1 heterocycles. The fourth-order valence-electron chi connectivity index (χ4n) is 2.23. The van der Waals surface area contributed by atoms with Crippen LogP contribution in [0.25, 0.3) is 0 Å². The Morgan fingerprint density at radius 1 is 1.29 bits per heavy atom. The Kier molecular flexibility index (Phi) is 4.83. The van der Waals surface area contributed by atoms with Gasteiger partial charge in [0.05, 0.1) is 12.7 Å². The summed E-state index contributed by atoms with van der Waals surface area (Å²) in [5.41, 5.74) is 0. The van der Waals surface area contributed by atoms with Gasteiger partial charge in [0.1, 0.15) is 5.75 Å². The predicted molar refractivity (Wildman–Crippen MR) is 68.2 cm³/mol. The Hall–Kier alpha value is -1.06. The normalized spacial score (nSPS) is 21.4. The van der Waals surface area contributed by atoms with Crippen LogP contribution in [0.3, 0.4) is 0 Å². The number of piperidine rings is 1. The first kappa shape index (κ1) is 12.4. The fourth-order valence-corrected chi connectivity index (χ4v) is 2.23. The zero-order valence-electron chi connectivity index (χ0n) is 10.2. The van der Waals surface area contributed by atoms with Gasteiger partial charge in [-0.05, 0) is 37.9 Å². The molecule has 17 heavy (non-hydrogen) atoms. The largest absolute Gasteiger partial charge is 0.494 e. The second-order valence-electron chi connectivity index (χ2n) is 4.61. The van der Waals surface area contributed by atoms with Crippen molar-refractivity contribution in [2.24, 2.45) is 0 Å². The molecule has 94 valence electrons. The number of ether oxygens (including phenoxy) is 1. The summed E-state index contributed by atoms with van der Waals surface area (Å²) in [6.07, 6.45) is 2.96. The molecule has 1 aliphatic heterocycles. The average molecular weight is 235 g/mol. The summed E-state index contributed by atoms with van der Waals surface area (Å²) >= 11 is 0. The molecule has 0 spiro atoms. The molecular weight excluding hydrogens is 214 g/mol. The Bertz CT molecular complexity index is 315. The minimum absolute atomic E-state index is 0.126. The molecular formula is C14H21NO2. The van der Waals surface area contributed by atoms with E-state index in [2.05, 4.69) is 4.90 Å². The van der Waals surface area contributed by atoms with Crippen molar-refractivity contribution in [2.75, 3.05) is 26.2 Å². The van der Waals surface area contributed by atoms with Crippen molar-refractivity contribution in [3.63, 3.8) is 0 Å². The SMILES string of the molecule is O[C@@H]1CCCN(CCCOc2ccccc2)C1. The number of hydrogen-bond acceptors (Lipinski definition) is 3. The topological polar surface area (TPSA) is 32.7 Å². The highest BCUT2D eigenvalue weighted by Gasteiger charge is 2.16. The second-order valence-corrected chi connectivity index (χ2v) is 4.61. The van der Waals surface area contributed by atoms with E-state index in [1.54, 1.807) is 0 Å². The summed E-state index contributed by atoms with van der Waals surface area (Å²) in [6.45, 7) is 3.70. The molecule has 2 rings (SSSR count). The molecule has 0 unspecified atom stereocenters. The van der Waals surface area contributed by atoms with Gasteiger partial charge in [-0.1, -0.05) is 18.2 Å². The highest BCUT2D eigenvalue weighted by Crippen LogP contribution is 2.11. The Morgan fingerprint density at radius 3 is 2.88 bits per heavy atom. The van der Waals surface area contributed by atoms with Crippen molar-refractivity contribution < 1.29 is 9.84 Å². The van der Waals surface area contributed by atoms with E-state index >= 15 is 0 Å². The highest BCUT2D eigenvalue weighted by atomic mass is 16.5. The van der Waals surface area contributed by atoms with Crippen molar-refractivity contribution in [3.05, 3.63) is 30.3 Å². The fraction of sp³-hybridized carbons (Fsp3) is 0.571. The second kappa shape index (κ2) is 6.62. The Balaban J connectivity index is 1.60. The number of nitrogens with zero attached hydrogens (tertiary/aromatic N) is 1. The van der Waals surface area contributed by atoms with E-state index in [0.29, 0.717) is 0 Å². The first-order valence-corrected chi connectivity index (χ1v) is 6.43. The standard InChI is InChI=1S/C14H21NO2/c16-13-6-4-9-15(12-13)10-5-11-17-14-7-2-1-3-8-14/h1-3,7-8,13,16H,4-6,9-12H2/t13-/m1/s1. The maximum Gasteiger partial charge on any atom is 0.119 e. The van der Waals surface area contributed by atoms with Crippen LogP contribution in [0.15, 0.2) is 30.3 Å². The van der Waals surface area contributed by atoms with Crippen LogP contribution < -0.4 is 4.74 Å². The van der Waals surface area contributed by atoms with Gasteiger partial charge in [-0.25, -0.2) is 0 Å². The molecule has 0 saturated carbocycles. The number of rotatable bonds is 5. The van der Waals surface area contributed by atoms with Crippen molar-refractivity contribution in [3.8, 4) is 5.75 Å². The lowest BCUT2D eigenvalue weighted by Crippen LogP contribution is -2.39. The van der Waals surface area contributed by atoms with Gasteiger partial charge in [0.15, 0.2) is 0 Å². The third kappa shape index (κ3) is 4.36. The summed E-state index contributed by atoms with van der Waals surface area (Å²) in [5, 5.41) is 9.54. The molecule has 0 aliphatic carbocycles. The number of benzene rings is 1. The minimum atomic E-state index is -0.126. The Labute approximate surface area is 103 Å². The third-order valence-electron chi connectivity index (χ3n) is 3.11. The van der Waals surface area contributed by atoms with Crippen LogP contribution in [-0.2, 0) is 0 Å². The molecule has 0 amide bonds. The lowest BCUT2D eigenvalue weighted by Gasteiger charge is -2.29. The van der Waals surface area contributed by atoms with Gasteiger partial charge < -0.3 is 14.7 Å². The molecule has 0 aromatic heterocycles. The maximum absolute atomic E-state index is 9.54. The minimum Gasteiger partial charge on any atom is -0.494 e. The first-order chi connectivity index (χ1) is 8.34. The summed E-state index contributed by atoms with van der Waals surface area (Å²) < 4.78 is 5.63. The van der Waals surface area contributed by atoms with Crippen LogP contribution in [0.2, 0.25) is 0 Å². The van der Waals surface area contributed by atoms with Crippen molar-refractivity contribution in [1.29, 1.82) is 0 Å². The summed E-state index contributed by atoms with van der Waals surface area (Å²) in [4.78, 5) is 2.32. The number of para-hydroxylation sites is 1. The maximum atomic E-state index is 9.54. The van der Waals surface area contributed by atoms with E-state index in [1.165, 1.54) is 0 Å². The molecule has 3 nitrogen and oxygen atoms in total. The molecule has 3 heteroatoms. The number of likely N-dealkylation sites (tertiary alicyclic amines) is 1. The zero-order chi connectivity index (χ0) is 11.9. The van der Waals surface area contributed by atoms with Crippen LogP contribution in [0.1, 0.15) is 19.3 Å². The van der Waals surface area contributed by atoms with Crippen LogP contribution in [-0.4, -0.2) is 42.4 Å². The van der Waals surface area contributed by atoms with Crippen LogP contribution in [0.5, 0.6) is 5.75 Å². The van der Waals surface area contributed by atoms with Crippen molar-refractivity contribution in [1.82, 2.24) is 4.90 Å². The lowest BCUT2D eigenvalue weighted by molar-refractivity contribution is 0.0679. The Morgan fingerprint density at radius 2 is 2.12 bits per heavy atom. The van der Waals surface area contributed by atoms with E-state index in [4.69, 9.17) is 4.74 Å². The van der Waals surface area contributed by atoms with Gasteiger partial charge in [-0.15, -0.1) is 0 Å². The molecule has 1 aliphatic rings. The van der Waals surface area contributed by atoms with E-state index in [0.717, 1.165) is 51.3 Å². The van der Waals surface area contributed by atoms with E-state index in [9.17, 15) is 5.11 Å². The molecule has 1 saturated heterocycles. The number of aliphatic hydroxyl groups excluding tert-OH is 1. The van der Waals surface area contributed by atoms with Crippen molar-refractivity contribution in [2.45, 2.75) is 25.4 Å². The van der Waals surface area contributed by atoms with E-state index < -0.39 is 0 Å². The number of β-amino-alcohol motifs (C(OH)–C–C–N with tert-alkyl or cyclic N) is 1. The number of hydrogen-bond donors (Lipinski definition) is 1. The van der Waals surface area contributed by atoms with Gasteiger partial charge in [-0.3, -0.25) is 0 Å². The quantitative estimate of drug-likeness (QED) is 0.791. The molecule has 0 bridgehead atoms. The summed E-state index contributed by atoms with van der Waals surface area (Å²) in [6, 6.07) is 9.91. The van der Waals surface area contributed by atoms with Gasteiger partial charge in [-0.2, -0.15) is 0 Å². The van der Waals surface area contributed by atoms with Gasteiger partial charge in [0.2, 0.25) is 0 Å². The van der Waals surface area contributed by atoms with Gasteiger partial charge in [0.25, 0.3) is 0 Å². The van der Waals surface area contributed by atoms with Gasteiger partial charge >= 0.3 is 0 Å². The summed E-state index contributed by atoms with van der Waals surface area (Å²) in [7, 11) is 0. The molecule has 0 radical (unpaired) electrons. The lowest BCUT2D eigenvalue weighted by atomic mass is 10.1. The zero-order valence-corrected chi connectivity index (χ0v) is 10.2. The van der Waals surface area contributed by atoms with Crippen LogP contribution in [0, 0.1) is 0 Å². The van der Waals surface area contributed by atoms with E-state index in [-0.39, 0.29) is 6.10 Å². The van der Waals surface area contributed by atoms with Crippen LogP contribution in [0.4, 0.5) is 0 Å². The molecule has 1 N–H and O–H groups in total. The van der Waals surface area contributed by atoms with E-state index in [1.807, 2.05) is 30.3 Å². The summed E-state index contributed by atoms with van der Waals surface area (Å²) in [5.74, 6) is 0.936. The predicted octanol–water partition coefficient (Wildman–Crippen LogP) is 1.91. The smallest absolute Gasteiger partial charge is 0.119 e. The average Bonchev–Trinajstić information content (AvgIpc) is 2.36. The molecule has 1 atom stereocenters. The number of aliphatic hydroxyl groups is 1. The van der Waals surface area contributed by atoms with Crippen molar-refractivity contribution >= 4 is 0 Å². The highest BCUT2D eigenvalue weighted by molar-refractivity contribution is 5.20. The third-order valence-corrected chi connectivity index (χ3v) is 3.11. The monoisotopic (exact) mass is 235 g/mol. The molecule has 1 fully saturated rings.